The highest BCUT2D eigenvalue weighted by atomic mass is 32.1. The lowest BCUT2D eigenvalue weighted by Crippen LogP contribution is -2.48. The zero-order chi connectivity index (χ0) is 17.6. The Morgan fingerprint density at radius 2 is 1.84 bits per heavy atom. The molecule has 1 aliphatic rings. The van der Waals surface area contributed by atoms with Crippen molar-refractivity contribution in [2.75, 3.05) is 32.7 Å². The molecule has 1 aromatic carbocycles. The van der Waals surface area contributed by atoms with E-state index in [0.717, 1.165) is 31.0 Å². The minimum atomic E-state index is -0.460. The van der Waals surface area contributed by atoms with Gasteiger partial charge in [-0.1, -0.05) is 53.8 Å². The van der Waals surface area contributed by atoms with Crippen LogP contribution in [0, 0.1) is 10.1 Å². The summed E-state index contributed by atoms with van der Waals surface area (Å²) < 4.78 is 0. The molecule has 2 heterocycles. The number of hydrogen-bond acceptors (Lipinski definition) is 5. The van der Waals surface area contributed by atoms with E-state index < -0.39 is 4.92 Å². The summed E-state index contributed by atoms with van der Waals surface area (Å²) >= 11 is 0.940. The predicted molar refractivity (Wildman–Crippen MR) is 98.8 cm³/mol. The fraction of sp³-hybridized carbons (Fsp3) is 0.278. The number of rotatable bonds is 5. The van der Waals surface area contributed by atoms with E-state index in [2.05, 4.69) is 29.2 Å². The van der Waals surface area contributed by atoms with Gasteiger partial charge in [-0.05, 0) is 11.6 Å². The molecule has 25 heavy (non-hydrogen) atoms. The topological polar surface area (TPSA) is 66.7 Å². The lowest BCUT2D eigenvalue weighted by molar-refractivity contribution is -0.380. The molecule has 1 amide bonds. The highest BCUT2D eigenvalue weighted by Crippen LogP contribution is 2.25. The third kappa shape index (κ3) is 4.52. The molecular formula is C18H19N3O3S. The van der Waals surface area contributed by atoms with Crippen molar-refractivity contribution >= 4 is 28.3 Å². The first-order valence-corrected chi connectivity index (χ1v) is 8.92. The number of carbonyl (C=O) groups is 1. The van der Waals surface area contributed by atoms with Crippen LogP contribution >= 0.6 is 11.3 Å². The van der Waals surface area contributed by atoms with E-state index in [1.165, 1.54) is 11.6 Å². The average molecular weight is 357 g/mol. The number of thiophene rings is 1. The molecule has 1 saturated heterocycles. The maximum absolute atomic E-state index is 12.4. The highest BCUT2D eigenvalue weighted by Gasteiger charge is 2.24. The number of benzene rings is 1. The van der Waals surface area contributed by atoms with E-state index in [-0.39, 0.29) is 10.9 Å². The Morgan fingerprint density at radius 1 is 1.12 bits per heavy atom. The van der Waals surface area contributed by atoms with Gasteiger partial charge in [-0.15, -0.1) is 0 Å². The van der Waals surface area contributed by atoms with Crippen LogP contribution in [0.25, 0.3) is 6.08 Å². The van der Waals surface area contributed by atoms with Crippen molar-refractivity contribution in [3.05, 3.63) is 69.1 Å². The van der Waals surface area contributed by atoms with Crippen molar-refractivity contribution in [3.63, 3.8) is 0 Å². The van der Waals surface area contributed by atoms with E-state index in [4.69, 9.17) is 0 Å². The van der Waals surface area contributed by atoms with Gasteiger partial charge in [0.15, 0.2) is 0 Å². The Balaban J connectivity index is 1.48. The van der Waals surface area contributed by atoms with Crippen LogP contribution in [0.1, 0.15) is 15.2 Å². The van der Waals surface area contributed by atoms with Crippen LogP contribution in [0.4, 0.5) is 5.00 Å². The first-order valence-electron chi connectivity index (χ1n) is 8.11. The van der Waals surface area contributed by atoms with Crippen molar-refractivity contribution in [3.8, 4) is 0 Å². The number of nitro groups is 1. The fourth-order valence-electron chi connectivity index (χ4n) is 2.73. The van der Waals surface area contributed by atoms with E-state index in [1.54, 1.807) is 11.0 Å². The summed E-state index contributed by atoms with van der Waals surface area (Å²) in [5.41, 5.74) is 1.18. The molecule has 1 fully saturated rings. The van der Waals surface area contributed by atoms with E-state index in [0.29, 0.717) is 18.0 Å². The number of carbonyl (C=O) groups excluding carboxylic acids is 1. The number of piperazine rings is 1. The van der Waals surface area contributed by atoms with Gasteiger partial charge in [0.1, 0.15) is 0 Å². The van der Waals surface area contributed by atoms with E-state index >= 15 is 0 Å². The predicted octanol–water partition coefficient (Wildman–Crippen LogP) is 3.13. The van der Waals surface area contributed by atoms with Crippen LogP contribution in [0.3, 0.4) is 0 Å². The first kappa shape index (κ1) is 17.3. The van der Waals surface area contributed by atoms with Crippen molar-refractivity contribution in [2.45, 2.75) is 0 Å². The normalized spacial score (nSPS) is 15.6. The Morgan fingerprint density at radius 3 is 2.48 bits per heavy atom. The number of nitrogens with zero attached hydrogens (tertiary/aromatic N) is 3. The Bertz CT molecular complexity index is 765. The molecule has 7 heteroatoms. The molecule has 0 atom stereocenters. The summed E-state index contributed by atoms with van der Waals surface area (Å²) in [7, 11) is 0. The molecule has 1 aromatic heterocycles. The molecule has 0 saturated carbocycles. The molecule has 130 valence electrons. The van der Waals surface area contributed by atoms with Gasteiger partial charge < -0.3 is 4.90 Å². The second-order valence-electron chi connectivity index (χ2n) is 5.80. The van der Waals surface area contributed by atoms with Gasteiger partial charge in [0, 0.05) is 38.8 Å². The van der Waals surface area contributed by atoms with Gasteiger partial charge >= 0.3 is 5.00 Å². The smallest absolute Gasteiger partial charge is 0.324 e. The molecule has 3 rings (SSSR count). The van der Waals surface area contributed by atoms with Crippen LogP contribution in [0.15, 0.2) is 48.5 Å². The average Bonchev–Trinajstić information content (AvgIpc) is 3.13. The van der Waals surface area contributed by atoms with Crippen LogP contribution in [0.2, 0.25) is 0 Å². The summed E-state index contributed by atoms with van der Waals surface area (Å²) in [6.07, 6.45) is 4.23. The minimum absolute atomic E-state index is 0.00744. The summed E-state index contributed by atoms with van der Waals surface area (Å²) in [6, 6.07) is 13.1. The zero-order valence-electron chi connectivity index (χ0n) is 13.7. The number of hydrogen-bond donors (Lipinski definition) is 0. The maximum Gasteiger partial charge on any atom is 0.324 e. The van der Waals surface area contributed by atoms with E-state index in [1.807, 2.05) is 18.2 Å². The minimum Gasteiger partial charge on any atom is -0.335 e. The van der Waals surface area contributed by atoms with Crippen molar-refractivity contribution in [1.82, 2.24) is 9.80 Å². The maximum atomic E-state index is 12.4. The molecule has 0 bridgehead atoms. The fourth-order valence-corrected chi connectivity index (χ4v) is 3.52. The Labute approximate surface area is 150 Å². The van der Waals surface area contributed by atoms with Crippen LogP contribution in [0.5, 0.6) is 0 Å². The standard InChI is InChI=1S/C18H19N3O3S/c22-18(16-8-9-17(25-16)21(23)24)20-13-11-19(12-14-20)10-4-7-15-5-2-1-3-6-15/h1-9H,10-14H2/b7-4+. The molecule has 2 aromatic rings. The third-order valence-electron chi connectivity index (χ3n) is 4.12. The van der Waals surface area contributed by atoms with Gasteiger partial charge in [-0.3, -0.25) is 19.8 Å². The number of amides is 1. The summed E-state index contributed by atoms with van der Waals surface area (Å²) in [5, 5.41) is 10.7. The second kappa shape index (κ2) is 8.04. The van der Waals surface area contributed by atoms with Crippen molar-refractivity contribution < 1.29 is 9.72 Å². The van der Waals surface area contributed by atoms with Gasteiger partial charge in [0.2, 0.25) is 0 Å². The monoisotopic (exact) mass is 357 g/mol. The lowest BCUT2D eigenvalue weighted by atomic mass is 10.2. The third-order valence-corrected chi connectivity index (χ3v) is 5.14. The summed E-state index contributed by atoms with van der Waals surface area (Å²) in [6.45, 7) is 3.74. The molecule has 1 aliphatic heterocycles. The van der Waals surface area contributed by atoms with E-state index in [9.17, 15) is 14.9 Å². The first-order chi connectivity index (χ1) is 12.1. The van der Waals surface area contributed by atoms with Crippen LogP contribution in [-0.2, 0) is 0 Å². The molecule has 6 nitrogen and oxygen atoms in total. The lowest BCUT2D eigenvalue weighted by Gasteiger charge is -2.33. The molecule has 0 N–H and O–H groups in total. The Hall–Kier alpha value is -2.51. The molecule has 0 unspecified atom stereocenters. The molecule has 0 aliphatic carbocycles. The van der Waals surface area contributed by atoms with Crippen LogP contribution < -0.4 is 0 Å². The highest BCUT2D eigenvalue weighted by molar-refractivity contribution is 7.17. The van der Waals surface area contributed by atoms with Crippen LogP contribution in [-0.4, -0.2) is 53.4 Å². The van der Waals surface area contributed by atoms with Gasteiger partial charge in [-0.25, -0.2) is 0 Å². The molecular weight excluding hydrogens is 338 g/mol. The quantitative estimate of drug-likeness (QED) is 0.609. The van der Waals surface area contributed by atoms with Gasteiger partial charge in [0.25, 0.3) is 5.91 Å². The van der Waals surface area contributed by atoms with Crippen molar-refractivity contribution in [2.24, 2.45) is 0 Å². The molecule has 0 spiro atoms. The molecule has 0 radical (unpaired) electrons. The summed E-state index contributed by atoms with van der Waals surface area (Å²) in [4.78, 5) is 27.2. The summed E-state index contributed by atoms with van der Waals surface area (Å²) in [5.74, 6) is -0.113. The van der Waals surface area contributed by atoms with Crippen molar-refractivity contribution in [1.29, 1.82) is 0 Å². The second-order valence-corrected chi connectivity index (χ2v) is 6.86. The van der Waals surface area contributed by atoms with Gasteiger partial charge in [0.05, 0.1) is 9.80 Å². The van der Waals surface area contributed by atoms with Gasteiger partial charge in [-0.2, -0.15) is 0 Å². The zero-order valence-corrected chi connectivity index (χ0v) is 14.5. The Kier molecular flexibility index (Phi) is 5.57. The SMILES string of the molecule is O=C(c1ccc([N+](=O)[O-])s1)N1CCN(C/C=C/c2ccccc2)CC1. The largest absolute Gasteiger partial charge is 0.335 e.